The fourth-order valence-corrected chi connectivity index (χ4v) is 4.99. The summed E-state index contributed by atoms with van der Waals surface area (Å²) in [6, 6.07) is 1.75. The number of nitrogens with one attached hydrogen (secondary N) is 2. The van der Waals surface area contributed by atoms with Gasteiger partial charge in [-0.2, -0.15) is 4.98 Å². The number of methoxy groups -OCH3 is 1. The van der Waals surface area contributed by atoms with Crippen LogP contribution in [0.5, 0.6) is 5.88 Å². The van der Waals surface area contributed by atoms with Crippen LogP contribution in [0.2, 0.25) is 0 Å². The minimum Gasteiger partial charge on any atom is -0.479 e. The Morgan fingerprint density at radius 1 is 1.44 bits per heavy atom. The molecule has 27 heavy (non-hydrogen) atoms. The zero-order chi connectivity index (χ0) is 19.0. The lowest BCUT2D eigenvalue weighted by atomic mass is 10.1. The average molecular weight is 402 g/mol. The summed E-state index contributed by atoms with van der Waals surface area (Å²) in [6.07, 6.45) is 5.80. The third-order valence-corrected chi connectivity index (χ3v) is 6.46. The summed E-state index contributed by atoms with van der Waals surface area (Å²) in [5.41, 5.74) is 8.30. The number of hydrogen-bond acceptors (Lipinski definition) is 10. The van der Waals surface area contributed by atoms with Crippen molar-refractivity contribution in [1.82, 2.24) is 19.3 Å². The Morgan fingerprint density at radius 2 is 2.30 bits per heavy atom. The van der Waals surface area contributed by atoms with Gasteiger partial charge in [0.15, 0.2) is 0 Å². The van der Waals surface area contributed by atoms with Crippen LogP contribution >= 0.6 is 23.3 Å². The van der Waals surface area contributed by atoms with E-state index in [0.717, 1.165) is 35.5 Å². The van der Waals surface area contributed by atoms with Gasteiger partial charge < -0.3 is 21.2 Å². The van der Waals surface area contributed by atoms with Crippen molar-refractivity contribution in [3.8, 4) is 5.88 Å². The lowest BCUT2D eigenvalue weighted by molar-refractivity contribution is 0.401. The third kappa shape index (κ3) is 3.20. The number of ether oxygens (including phenoxy) is 1. The van der Waals surface area contributed by atoms with E-state index in [1.165, 1.54) is 23.8 Å². The highest BCUT2D eigenvalue weighted by molar-refractivity contribution is 7.96. The van der Waals surface area contributed by atoms with Crippen molar-refractivity contribution in [2.45, 2.75) is 13.0 Å². The van der Waals surface area contributed by atoms with Crippen LogP contribution in [-0.4, -0.2) is 45.4 Å². The molecule has 0 radical (unpaired) electrons. The van der Waals surface area contributed by atoms with Gasteiger partial charge in [-0.25, -0.2) is 14.3 Å². The predicted octanol–water partition coefficient (Wildman–Crippen LogP) is 3.05. The Morgan fingerprint density at radius 3 is 3.04 bits per heavy atom. The summed E-state index contributed by atoms with van der Waals surface area (Å²) < 4.78 is 7.70. The van der Waals surface area contributed by atoms with Crippen LogP contribution in [0.3, 0.4) is 0 Å². The van der Waals surface area contributed by atoms with Crippen LogP contribution < -0.4 is 15.8 Å². The second kappa shape index (κ2) is 7.29. The Bertz CT molecular complexity index is 1020. The molecular weight excluding hydrogens is 382 g/mol. The number of nitrogens with two attached hydrogens (primary N) is 1. The first-order valence-corrected chi connectivity index (χ1v) is 10.3. The molecule has 0 amide bonds. The highest BCUT2D eigenvalue weighted by atomic mass is 32.2. The molecule has 3 aromatic rings. The smallest absolute Gasteiger partial charge is 0.239 e. The largest absolute Gasteiger partial charge is 0.479 e. The number of pyridine rings is 1. The third-order valence-electron chi connectivity index (χ3n) is 4.51. The summed E-state index contributed by atoms with van der Waals surface area (Å²) in [4.78, 5) is 15.5. The van der Waals surface area contributed by atoms with E-state index in [4.69, 9.17) is 15.9 Å². The van der Waals surface area contributed by atoms with E-state index in [-0.39, 0.29) is 5.82 Å². The van der Waals surface area contributed by atoms with Gasteiger partial charge in [-0.05, 0) is 24.3 Å². The van der Waals surface area contributed by atoms with E-state index in [1.54, 1.807) is 35.7 Å². The number of nitrogen functional groups attached to an aromatic ring is 1. The lowest BCUT2D eigenvalue weighted by Crippen LogP contribution is -2.22. The van der Waals surface area contributed by atoms with E-state index in [2.05, 4.69) is 30.8 Å². The highest BCUT2D eigenvalue weighted by Gasteiger charge is 2.24. The number of rotatable bonds is 5. The molecule has 1 aliphatic rings. The van der Waals surface area contributed by atoms with Crippen molar-refractivity contribution < 1.29 is 4.74 Å². The number of hydrogen-bond donors (Lipinski definition) is 3. The van der Waals surface area contributed by atoms with Crippen LogP contribution in [0.4, 0.5) is 17.3 Å². The van der Waals surface area contributed by atoms with Gasteiger partial charge in [-0.15, -0.1) is 11.3 Å². The number of anilines is 3. The van der Waals surface area contributed by atoms with Gasteiger partial charge in [0.2, 0.25) is 5.88 Å². The number of nitrogens with zero attached hydrogens (tertiary/aromatic N) is 4. The fourth-order valence-electron chi connectivity index (χ4n) is 3.17. The summed E-state index contributed by atoms with van der Waals surface area (Å²) in [5, 5.41) is 11.9. The lowest BCUT2D eigenvalue weighted by Gasteiger charge is -2.24. The van der Waals surface area contributed by atoms with Gasteiger partial charge in [-0.3, -0.25) is 0 Å². The zero-order valence-electron chi connectivity index (χ0n) is 14.9. The molecule has 0 saturated heterocycles. The number of aromatic nitrogens is 3. The predicted molar refractivity (Wildman–Crippen MR) is 111 cm³/mol. The van der Waals surface area contributed by atoms with E-state index in [1.807, 2.05) is 0 Å². The van der Waals surface area contributed by atoms with Crippen molar-refractivity contribution in [2.24, 2.45) is 0 Å². The standard InChI is InChI=1S/C17H19N7OS2/c1-25-16-11(5-9(6-18)14(19)23-16)22-15-13-10-3-4-24(26-2)7-12(10)27-17(13)21-8-20-15/h5-6,8,18H,3-4,7H2,1-2H3,(H2,19,23)(H,20,21,22). The molecule has 8 nitrogen and oxygen atoms in total. The molecule has 0 spiro atoms. The van der Waals surface area contributed by atoms with Gasteiger partial charge in [0.1, 0.15) is 28.5 Å². The number of thiophene rings is 1. The molecule has 4 N–H and O–H groups in total. The minimum atomic E-state index is 0.255. The van der Waals surface area contributed by atoms with Crippen molar-refractivity contribution in [3.05, 3.63) is 28.4 Å². The molecule has 1 aliphatic heterocycles. The Balaban J connectivity index is 1.80. The number of fused-ring (bicyclic) bond motifs is 3. The fraction of sp³-hybridized carbons (Fsp3) is 0.294. The minimum absolute atomic E-state index is 0.255. The summed E-state index contributed by atoms with van der Waals surface area (Å²) in [7, 11) is 1.54. The molecule has 3 aromatic heterocycles. The maximum Gasteiger partial charge on any atom is 0.239 e. The SMILES string of the molecule is COc1nc(N)c(C=N)cc1Nc1ncnc2sc3c(c12)CCN(SC)C3. The van der Waals surface area contributed by atoms with Gasteiger partial charge in [0.05, 0.1) is 12.5 Å². The molecule has 140 valence electrons. The summed E-state index contributed by atoms with van der Waals surface area (Å²) in [6.45, 7) is 1.92. The molecule has 0 saturated carbocycles. The first kappa shape index (κ1) is 18.0. The average Bonchev–Trinajstić information content (AvgIpc) is 3.07. The first-order valence-electron chi connectivity index (χ1n) is 8.31. The highest BCUT2D eigenvalue weighted by Crippen LogP contribution is 2.39. The monoisotopic (exact) mass is 401 g/mol. The van der Waals surface area contributed by atoms with Gasteiger partial charge in [0.25, 0.3) is 0 Å². The Labute approximate surface area is 164 Å². The van der Waals surface area contributed by atoms with Gasteiger partial charge in [0, 0.05) is 29.7 Å². The topological polar surface area (TPSA) is 113 Å². The van der Waals surface area contributed by atoms with Crippen LogP contribution in [-0.2, 0) is 13.0 Å². The van der Waals surface area contributed by atoms with Crippen molar-refractivity contribution >= 4 is 57.0 Å². The second-order valence-electron chi connectivity index (χ2n) is 5.99. The molecule has 0 aromatic carbocycles. The molecule has 0 bridgehead atoms. The molecule has 0 aliphatic carbocycles. The van der Waals surface area contributed by atoms with Crippen LogP contribution in [0.25, 0.3) is 10.2 Å². The Kier molecular flexibility index (Phi) is 4.85. The van der Waals surface area contributed by atoms with E-state index >= 15 is 0 Å². The maximum atomic E-state index is 7.51. The first-order chi connectivity index (χ1) is 13.1. The summed E-state index contributed by atoms with van der Waals surface area (Å²) >= 11 is 3.48. The molecule has 10 heteroatoms. The van der Waals surface area contributed by atoms with Gasteiger partial charge >= 0.3 is 0 Å². The molecule has 0 fully saturated rings. The molecular formula is C17H19N7OS2. The van der Waals surface area contributed by atoms with Crippen molar-refractivity contribution in [2.75, 3.05) is 31.0 Å². The van der Waals surface area contributed by atoms with Crippen LogP contribution in [0.1, 0.15) is 16.0 Å². The van der Waals surface area contributed by atoms with Crippen LogP contribution in [0, 0.1) is 5.41 Å². The molecule has 4 rings (SSSR count). The quantitative estimate of drug-likeness (QED) is 0.442. The maximum absolute atomic E-state index is 7.51. The summed E-state index contributed by atoms with van der Waals surface area (Å²) in [5.74, 6) is 1.34. The van der Waals surface area contributed by atoms with E-state index in [0.29, 0.717) is 17.1 Å². The second-order valence-corrected chi connectivity index (χ2v) is 7.96. The Hall–Kier alpha value is -2.43. The normalized spacial score (nSPS) is 14.1. The molecule has 4 heterocycles. The zero-order valence-corrected chi connectivity index (χ0v) is 16.6. The van der Waals surface area contributed by atoms with Crippen LogP contribution in [0.15, 0.2) is 12.4 Å². The van der Waals surface area contributed by atoms with Crippen molar-refractivity contribution in [3.63, 3.8) is 0 Å². The molecule has 0 unspecified atom stereocenters. The van der Waals surface area contributed by atoms with E-state index < -0.39 is 0 Å². The van der Waals surface area contributed by atoms with Crippen molar-refractivity contribution in [1.29, 1.82) is 5.41 Å². The van der Waals surface area contributed by atoms with E-state index in [9.17, 15) is 0 Å². The molecule has 0 atom stereocenters. The van der Waals surface area contributed by atoms with Gasteiger partial charge in [-0.1, -0.05) is 11.9 Å².